The van der Waals surface area contributed by atoms with Crippen LogP contribution in [-0.4, -0.2) is 49.9 Å². The smallest absolute Gasteiger partial charge is 0.422 e. The lowest BCUT2D eigenvalue weighted by molar-refractivity contribution is -0.153. The van der Waals surface area contributed by atoms with Gasteiger partial charge in [0, 0.05) is 31.1 Å². The molecule has 4 N–H and O–H groups in total. The lowest BCUT2D eigenvalue weighted by Gasteiger charge is -2.31. The highest BCUT2D eigenvalue weighted by atomic mass is 19.4. The van der Waals surface area contributed by atoms with Crippen LogP contribution in [0.4, 0.5) is 18.9 Å². The van der Waals surface area contributed by atoms with E-state index in [-0.39, 0.29) is 41.4 Å². The summed E-state index contributed by atoms with van der Waals surface area (Å²) in [5.74, 6) is -1.20. The van der Waals surface area contributed by atoms with Crippen molar-refractivity contribution >= 4 is 17.5 Å². The Labute approximate surface area is 215 Å². The monoisotopic (exact) mass is 524 g/mol. The van der Waals surface area contributed by atoms with Crippen molar-refractivity contribution in [2.75, 3.05) is 24.7 Å². The molecule has 11 heteroatoms. The van der Waals surface area contributed by atoms with Gasteiger partial charge in [-0.15, -0.1) is 0 Å². The summed E-state index contributed by atoms with van der Waals surface area (Å²) in [6, 6.07) is 5.85. The molecule has 0 atom stereocenters. The third-order valence-electron chi connectivity index (χ3n) is 6.23. The number of ether oxygens (including phenoxy) is 2. The van der Waals surface area contributed by atoms with Crippen molar-refractivity contribution in [3.05, 3.63) is 47.4 Å². The van der Waals surface area contributed by atoms with Crippen molar-refractivity contribution in [2.24, 2.45) is 5.73 Å². The topological polar surface area (TPSA) is 106 Å². The van der Waals surface area contributed by atoms with Gasteiger partial charge in [-0.3, -0.25) is 14.5 Å². The second kappa shape index (κ2) is 13.0. The van der Waals surface area contributed by atoms with Crippen LogP contribution >= 0.6 is 0 Å². The number of carbonyl (C=O) groups is 2. The second-order valence-electron chi connectivity index (χ2n) is 9.21. The van der Waals surface area contributed by atoms with Crippen LogP contribution in [0.25, 0.3) is 0 Å². The molecular formula is C26H35F3N4O4. The first-order chi connectivity index (χ1) is 17.6. The number of amides is 2. The molecule has 1 fully saturated rings. The Hall–Kier alpha value is -3.05. The number of nitrogens with two attached hydrogens (primary N) is 1. The summed E-state index contributed by atoms with van der Waals surface area (Å²) >= 11 is 0. The number of rotatable bonds is 10. The highest BCUT2D eigenvalue weighted by Gasteiger charge is 2.33. The molecule has 1 aromatic rings. The average molecular weight is 525 g/mol. The predicted octanol–water partition coefficient (Wildman–Crippen LogP) is 3.88. The summed E-state index contributed by atoms with van der Waals surface area (Å²) < 4.78 is 49.1. The van der Waals surface area contributed by atoms with Crippen LogP contribution < -0.4 is 26.0 Å². The number of para-hydroxylation sites is 2. The van der Waals surface area contributed by atoms with Crippen molar-refractivity contribution in [2.45, 2.75) is 70.7 Å². The van der Waals surface area contributed by atoms with E-state index < -0.39 is 24.6 Å². The third kappa shape index (κ3) is 7.96. The maximum Gasteiger partial charge on any atom is 0.422 e. The molecule has 0 saturated heterocycles. The lowest BCUT2D eigenvalue weighted by Crippen LogP contribution is -2.45. The van der Waals surface area contributed by atoms with Crippen LogP contribution in [-0.2, 0) is 14.3 Å². The zero-order valence-electron chi connectivity index (χ0n) is 21.2. The van der Waals surface area contributed by atoms with Gasteiger partial charge in [0.25, 0.3) is 11.8 Å². The molecule has 1 aliphatic carbocycles. The Balaban J connectivity index is 1.75. The van der Waals surface area contributed by atoms with E-state index in [4.69, 9.17) is 15.2 Å². The molecule has 1 heterocycles. The number of allylic oxidation sites excluding steroid dienone is 1. The van der Waals surface area contributed by atoms with Crippen LogP contribution in [0.5, 0.6) is 5.75 Å². The van der Waals surface area contributed by atoms with E-state index in [1.54, 1.807) is 13.0 Å². The summed E-state index contributed by atoms with van der Waals surface area (Å²) in [5, 5.41) is 5.90. The normalized spacial score (nSPS) is 21.7. The number of carbonyl (C=O) groups excluding carboxylic acids is 2. The predicted molar refractivity (Wildman–Crippen MR) is 133 cm³/mol. The first-order valence-corrected chi connectivity index (χ1v) is 12.6. The number of anilines is 1. The molecule has 204 valence electrons. The zero-order chi connectivity index (χ0) is 27.0. The fraction of sp³-hybridized carbons (Fsp3) is 0.538. The van der Waals surface area contributed by atoms with Gasteiger partial charge in [0.15, 0.2) is 6.61 Å². The zero-order valence-corrected chi connectivity index (χ0v) is 21.2. The number of hydrogen-bond donors (Lipinski definition) is 3. The highest BCUT2D eigenvalue weighted by molar-refractivity contribution is 6.13. The molecule has 2 aliphatic rings. The van der Waals surface area contributed by atoms with Crippen LogP contribution in [0.1, 0.15) is 52.4 Å². The van der Waals surface area contributed by atoms with Crippen LogP contribution in [0, 0.1) is 0 Å². The van der Waals surface area contributed by atoms with E-state index in [0.717, 1.165) is 50.0 Å². The maximum absolute atomic E-state index is 13.4. The molecule has 0 unspecified atom stereocenters. The molecule has 0 spiro atoms. The minimum absolute atomic E-state index is 0.0257. The van der Waals surface area contributed by atoms with Crippen molar-refractivity contribution in [1.82, 2.24) is 10.6 Å². The summed E-state index contributed by atoms with van der Waals surface area (Å²) in [7, 11) is 0. The van der Waals surface area contributed by atoms with Gasteiger partial charge in [0.2, 0.25) is 0 Å². The minimum Gasteiger partial charge on any atom is -0.482 e. The molecule has 1 saturated carbocycles. The van der Waals surface area contributed by atoms with Crippen LogP contribution in [0.2, 0.25) is 0 Å². The summed E-state index contributed by atoms with van der Waals surface area (Å²) in [6.07, 6.45) is 2.38. The van der Waals surface area contributed by atoms with Crippen molar-refractivity contribution in [3.8, 4) is 5.75 Å². The first-order valence-electron chi connectivity index (χ1n) is 12.6. The van der Waals surface area contributed by atoms with E-state index in [9.17, 15) is 22.8 Å². The second-order valence-corrected chi connectivity index (χ2v) is 9.21. The summed E-state index contributed by atoms with van der Waals surface area (Å²) in [6.45, 7) is 2.82. The van der Waals surface area contributed by atoms with Crippen LogP contribution in [0.15, 0.2) is 47.4 Å². The molecule has 3 rings (SSSR count). The van der Waals surface area contributed by atoms with E-state index >= 15 is 0 Å². The minimum atomic E-state index is -4.54. The Morgan fingerprint density at radius 2 is 1.92 bits per heavy atom. The Morgan fingerprint density at radius 3 is 2.57 bits per heavy atom. The van der Waals surface area contributed by atoms with E-state index in [2.05, 4.69) is 17.6 Å². The molecule has 37 heavy (non-hydrogen) atoms. The fourth-order valence-corrected chi connectivity index (χ4v) is 4.33. The SMILES string of the molecule is CCCCO[C@H]1CC[C@H](NC(=O)/C(CN)=C2/NC(C)=CN(c3ccccc3OCC(F)(F)F)C2=O)CC1. The van der Waals surface area contributed by atoms with Crippen molar-refractivity contribution < 1.29 is 32.2 Å². The molecule has 0 radical (unpaired) electrons. The standard InChI is InChI=1S/C26H35F3N4O4/c1-3-4-13-36-19-11-9-18(10-12-19)32-24(34)20(14-30)23-25(35)33(15-17(2)31-23)21-7-5-6-8-22(21)37-16-26(27,28)29/h5-8,15,18-19,31H,3-4,9-14,16,30H2,1-2H3,(H,32,34)/b23-20+/t18-,19-. The Morgan fingerprint density at radius 1 is 1.22 bits per heavy atom. The summed E-state index contributed by atoms with van der Waals surface area (Å²) in [5.41, 5.74) is 6.56. The van der Waals surface area contributed by atoms with Gasteiger partial charge in [0.05, 0.1) is 17.4 Å². The van der Waals surface area contributed by atoms with Gasteiger partial charge in [-0.05, 0) is 51.2 Å². The highest BCUT2D eigenvalue weighted by Crippen LogP contribution is 2.33. The number of alkyl halides is 3. The van der Waals surface area contributed by atoms with Gasteiger partial charge in [-0.1, -0.05) is 25.5 Å². The largest absolute Gasteiger partial charge is 0.482 e. The molecule has 2 amide bonds. The average Bonchev–Trinajstić information content (AvgIpc) is 2.86. The molecule has 0 bridgehead atoms. The summed E-state index contributed by atoms with van der Waals surface area (Å²) in [4.78, 5) is 27.7. The molecule has 1 aromatic carbocycles. The van der Waals surface area contributed by atoms with Gasteiger partial charge in [0.1, 0.15) is 11.4 Å². The fourth-order valence-electron chi connectivity index (χ4n) is 4.33. The number of nitrogens with zero attached hydrogens (tertiary/aromatic N) is 1. The van der Waals surface area contributed by atoms with Gasteiger partial charge in [-0.2, -0.15) is 13.2 Å². The first kappa shape index (κ1) is 28.5. The van der Waals surface area contributed by atoms with E-state index in [0.29, 0.717) is 5.70 Å². The van der Waals surface area contributed by atoms with E-state index in [1.807, 2.05) is 0 Å². The quantitative estimate of drug-likeness (QED) is 0.317. The molecule has 8 nitrogen and oxygen atoms in total. The van der Waals surface area contributed by atoms with Crippen molar-refractivity contribution in [1.29, 1.82) is 0 Å². The maximum atomic E-state index is 13.4. The third-order valence-corrected chi connectivity index (χ3v) is 6.23. The lowest BCUT2D eigenvalue weighted by atomic mass is 9.92. The number of benzene rings is 1. The number of nitrogens with one attached hydrogen (secondary N) is 2. The molecule has 1 aliphatic heterocycles. The molecule has 0 aromatic heterocycles. The number of hydrogen-bond acceptors (Lipinski definition) is 6. The van der Waals surface area contributed by atoms with Gasteiger partial charge >= 0.3 is 6.18 Å². The Kier molecular flexibility index (Phi) is 9.99. The van der Waals surface area contributed by atoms with Crippen LogP contribution in [0.3, 0.4) is 0 Å². The molecular weight excluding hydrogens is 489 g/mol. The number of unbranched alkanes of at least 4 members (excludes halogenated alkanes) is 1. The van der Waals surface area contributed by atoms with Gasteiger partial charge in [-0.25, -0.2) is 0 Å². The van der Waals surface area contributed by atoms with E-state index in [1.165, 1.54) is 24.4 Å². The van der Waals surface area contributed by atoms with Crippen molar-refractivity contribution in [3.63, 3.8) is 0 Å². The van der Waals surface area contributed by atoms with Gasteiger partial charge < -0.3 is 25.8 Å². The Bertz CT molecular complexity index is 1020. The number of halogens is 3.